The van der Waals surface area contributed by atoms with Gasteiger partial charge in [-0.1, -0.05) is 20.3 Å². The summed E-state index contributed by atoms with van der Waals surface area (Å²) in [5.41, 5.74) is 0.713. The summed E-state index contributed by atoms with van der Waals surface area (Å²) < 4.78 is 29.0. The Morgan fingerprint density at radius 1 is 1.33 bits per heavy atom. The maximum atomic E-state index is 13.9. The molecular formula is C22H32F2N4O2. The van der Waals surface area contributed by atoms with Gasteiger partial charge < -0.3 is 20.3 Å². The van der Waals surface area contributed by atoms with Crippen LogP contribution in [-0.2, 0) is 23.2 Å². The number of carbonyl (C=O) groups excluding carboxylic acids is 1. The summed E-state index contributed by atoms with van der Waals surface area (Å²) in [6.45, 7) is 7.97. The second-order valence-corrected chi connectivity index (χ2v) is 8.24. The number of carbonyl (C=O) groups is 1. The number of imidazole rings is 1. The van der Waals surface area contributed by atoms with E-state index in [-0.39, 0.29) is 25.1 Å². The summed E-state index contributed by atoms with van der Waals surface area (Å²) in [5, 5.41) is 15.2. The van der Waals surface area contributed by atoms with E-state index in [4.69, 9.17) is 0 Å². The van der Waals surface area contributed by atoms with E-state index in [1.165, 1.54) is 12.5 Å². The van der Waals surface area contributed by atoms with Crippen LogP contribution in [0.1, 0.15) is 51.7 Å². The topological polar surface area (TPSA) is 79.2 Å². The van der Waals surface area contributed by atoms with Crippen molar-refractivity contribution >= 4 is 11.7 Å². The Morgan fingerprint density at radius 3 is 2.70 bits per heavy atom. The Hall–Kier alpha value is -2.32. The minimum absolute atomic E-state index is 0.0471. The lowest BCUT2D eigenvalue weighted by Gasteiger charge is -2.25. The van der Waals surface area contributed by atoms with Gasteiger partial charge in [-0.25, -0.2) is 13.8 Å². The third-order valence-electron chi connectivity index (χ3n) is 4.95. The number of fused-ring (bicyclic) bond motifs is 1. The molecule has 3 rings (SSSR count). The van der Waals surface area contributed by atoms with E-state index in [0.29, 0.717) is 36.2 Å². The molecule has 1 aliphatic rings. The molecule has 0 aliphatic heterocycles. The highest BCUT2D eigenvalue weighted by Gasteiger charge is 2.23. The molecule has 8 heteroatoms. The number of hydrogen-bond acceptors (Lipinski definition) is 4. The minimum atomic E-state index is -0.555. The van der Waals surface area contributed by atoms with E-state index in [1.807, 2.05) is 13.8 Å². The molecule has 0 saturated heterocycles. The predicted octanol–water partition coefficient (Wildman–Crippen LogP) is 3.39. The Kier molecular flexibility index (Phi) is 8.49. The second-order valence-electron chi connectivity index (χ2n) is 8.24. The SMILES string of the molecule is CC(C)(CO)n1cnc(NC(=O)CNC2CCc3cc(F)cc(F)c3C2)c1.CCC. The molecule has 0 fully saturated rings. The second kappa shape index (κ2) is 10.6. The van der Waals surface area contributed by atoms with Gasteiger partial charge in [-0.3, -0.25) is 4.79 Å². The van der Waals surface area contributed by atoms with Crippen LogP contribution in [0.15, 0.2) is 24.7 Å². The zero-order chi connectivity index (χ0) is 22.3. The Balaban J connectivity index is 0.00000101. The number of nitrogens with zero attached hydrogens (tertiary/aromatic N) is 2. The summed E-state index contributed by atoms with van der Waals surface area (Å²) in [6.07, 6.45) is 6.18. The number of benzene rings is 1. The first-order valence-electron chi connectivity index (χ1n) is 10.4. The van der Waals surface area contributed by atoms with Crippen molar-refractivity contribution in [2.24, 2.45) is 0 Å². The van der Waals surface area contributed by atoms with Crippen LogP contribution in [0.4, 0.5) is 14.6 Å². The first-order chi connectivity index (χ1) is 14.2. The molecule has 0 bridgehead atoms. The summed E-state index contributed by atoms with van der Waals surface area (Å²) in [5.74, 6) is -0.940. The molecule has 1 amide bonds. The van der Waals surface area contributed by atoms with Crippen LogP contribution in [0, 0.1) is 11.6 Å². The lowest BCUT2D eigenvalue weighted by Crippen LogP contribution is -2.39. The molecule has 2 aromatic rings. The fraction of sp³-hybridized carbons (Fsp3) is 0.545. The third kappa shape index (κ3) is 6.34. The fourth-order valence-electron chi connectivity index (χ4n) is 3.18. The number of halogens is 2. The number of nitrogens with one attached hydrogen (secondary N) is 2. The molecule has 1 aliphatic carbocycles. The Labute approximate surface area is 176 Å². The number of aliphatic hydroxyl groups excluding tert-OH is 1. The monoisotopic (exact) mass is 422 g/mol. The summed E-state index contributed by atoms with van der Waals surface area (Å²) >= 11 is 0. The zero-order valence-corrected chi connectivity index (χ0v) is 18.1. The predicted molar refractivity (Wildman–Crippen MR) is 113 cm³/mol. The largest absolute Gasteiger partial charge is 0.394 e. The molecule has 1 heterocycles. The average molecular weight is 423 g/mol. The lowest BCUT2D eigenvalue weighted by atomic mass is 9.88. The van der Waals surface area contributed by atoms with E-state index in [0.717, 1.165) is 6.07 Å². The van der Waals surface area contributed by atoms with Gasteiger partial charge in [0.1, 0.15) is 11.6 Å². The van der Waals surface area contributed by atoms with E-state index >= 15 is 0 Å². The number of hydrogen-bond donors (Lipinski definition) is 3. The molecule has 166 valence electrons. The maximum Gasteiger partial charge on any atom is 0.239 e. The summed E-state index contributed by atoms with van der Waals surface area (Å²) in [6, 6.07) is 2.23. The fourth-order valence-corrected chi connectivity index (χ4v) is 3.18. The summed E-state index contributed by atoms with van der Waals surface area (Å²) in [7, 11) is 0. The molecule has 6 nitrogen and oxygen atoms in total. The van der Waals surface area contributed by atoms with Crippen molar-refractivity contribution in [1.82, 2.24) is 14.9 Å². The van der Waals surface area contributed by atoms with Crippen molar-refractivity contribution in [3.63, 3.8) is 0 Å². The van der Waals surface area contributed by atoms with E-state index in [9.17, 15) is 18.7 Å². The van der Waals surface area contributed by atoms with Crippen molar-refractivity contribution in [3.05, 3.63) is 47.4 Å². The smallest absolute Gasteiger partial charge is 0.239 e. The normalized spacial score (nSPS) is 15.8. The average Bonchev–Trinajstić information content (AvgIpc) is 3.16. The van der Waals surface area contributed by atoms with Crippen LogP contribution in [0.3, 0.4) is 0 Å². The van der Waals surface area contributed by atoms with Gasteiger partial charge in [0.2, 0.25) is 5.91 Å². The quantitative estimate of drug-likeness (QED) is 0.667. The van der Waals surface area contributed by atoms with Crippen LogP contribution < -0.4 is 10.6 Å². The van der Waals surface area contributed by atoms with Crippen molar-refractivity contribution < 1.29 is 18.7 Å². The van der Waals surface area contributed by atoms with Gasteiger partial charge in [0.15, 0.2) is 5.82 Å². The molecule has 1 aromatic heterocycles. The number of aliphatic hydroxyl groups is 1. The molecule has 0 saturated carbocycles. The standard InChI is InChI=1S/C19H24F2N4O2.C3H8/c1-19(2,10-26)25-9-17(23-11-25)24-18(27)8-22-14-4-3-12-5-13(20)6-16(21)15(12)7-14;1-3-2/h5-6,9,11,14,22,26H,3-4,7-8,10H2,1-2H3,(H,24,27);3H2,1-2H3. The highest BCUT2D eigenvalue weighted by molar-refractivity contribution is 5.91. The highest BCUT2D eigenvalue weighted by Crippen LogP contribution is 2.25. The molecule has 3 N–H and O–H groups in total. The van der Waals surface area contributed by atoms with Gasteiger partial charge in [0.25, 0.3) is 0 Å². The molecule has 1 unspecified atom stereocenters. The molecule has 1 aromatic carbocycles. The van der Waals surface area contributed by atoms with Gasteiger partial charge in [-0.15, -0.1) is 0 Å². The maximum absolute atomic E-state index is 13.9. The molecule has 0 spiro atoms. The van der Waals surface area contributed by atoms with Crippen LogP contribution >= 0.6 is 0 Å². The van der Waals surface area contributed by atoms with Crippen molar-refractivity contribution in [3.8, 4) is 0 Å². The van der Waals surface area contributed by atoms with E-state index in [2.05, 4.69) is 29.5 Å². The molecular weight excluding hydrogens is 390 g/mol. The van der Waals surface area contributed by atoms with Crippen molar-refractivity contribution in [2.75, 3.05) is 18.5 Å². The number of aromatic nitrogens is 2. The first-order valence-corrected chi connectivity index (χ1v) is 10.4. The van der Waals surface area contributed by atoms with Gasteiger partial charge >= 0.3 is 0 Å². The van der Waals surface area contributed by atoms with Crippen LogP contribution in [-0.4, -0.2) is 39.8 Å². The molecule has 0 radical (unpaired) electrons. The number of amides is 1. The van der Waals surface area contributed by atoms with Gasteiger partial charge in [-0.05, 0) is 50.3 Å². The first kappa shape index (κ1) is 24.0. The molecule has 30 heavy (non-hydrogen) atoms. The van der Waals surface area contributed by atoms with E-state index < -0.39 is 17.2 Å². The minimum Gasteiger partial charge on any atom is -0.394 e. The Bertz CT molecular complexity index is 852. The van der Waals surface area contributed by atoms with Crippen molar-refractivity contribution in [2.45, 2.75) is 65.0 Å². The van der Waals surface area contributed by atoms with Gasteiger partial charge in [0, 0.05) is 18.3 Å². The van der Waals surface area contributed by atoms with Crippen LogP contribution in [0.5, 0.6) is 0 Å². The lowest BCUT2D eigenvalue weighted by molar-refractivity contribution is -0.115. The van der Waals surface area contributed by atoms with Gasteiger partial charge in [-0.2, -0.15) is 0 Å². The number of rotatable bonds is 6. The highest BCUT2D eigenvalue weighted by atomic mass is 19.1. The number of aryl methyl sites for hydroxylation is 1. The number of anilines is 1. The van der Waals surface area contributed by atoms with E-state index in [1.54, 1.807) is 17.1 Å². The van der Waals surface area contributed by atoms with Gasteiger partial charge in [0.05, 0.1) is 25.0 Å². The van der Waals surface area contributed by atoms with Crippen LogP contribution in [0.25, 0.3) is 0 Å². The molecule has 1 atom stereocenters. The summed E-state index contributed by atoms with van der Waals surface area (Å²) in [4.78, 5) is 16.3. The third-order valence-corrected chi connectivity index (χ3v) is 4.95. The Morgan fingerprint density at radius 2 is 2.03 bits per heavy atom. The zero-order valence-electron chi connectivity index (χ0n) is 18.1. The van der Waals surface area contributed by atoms with Crippen LogP contribution in [0.2, 0.25) is 0 Å². The van der Waals surface area contributed by atoms with Crippen molar-refractivity contribution in [1.29, 1.82) is 0 Å².